The monoisotopic (exact) mass is 368 g/mol. The molecule has 0 aliphatic carbocycles. The number of halogens is 1. The molecule has 0 aliphatic heterocycles. The van der Waals surface area contributed by atoms with Gasteiger partial charge in [-0.3, -0.25) is 9.59 Å². The molecule has 0 bridgehead atoms. The van der Waals surface area contributed by atoms with Crippen LogP contribution < -0.4 is 0 Å². The van der Waals surface area contributed by atoms with Crippen molar-refractivity contribution in [3.8, 4) is 0 Å². The third kappa shape index (κ3) is 5.74. The van der Waals surface area contributed by atoms with E-state index in [2.05, 4.69) is 0 Å². The zero-order chi connectivity index (χ0) is 19.6. The molecule has 0 aliphatic rings. The summed E-state index contributed by atoms with van der Waals surface area (Å²) in [6.07, 6.45) is 0.512. The highest BCUT2D eigenvalue weighted by Gasteiger charge is 2.53. The van der Waals surface area contributed by atoms with Crippen LogP contribution in [0.25, 0.3) is 0 Å². The second kappa shape index (κ2) is 7.36. The number of benzene rings is 1. The van der Waals surface area contributed by atoms with Crippen molar-refractivity contribution < 1.29 is 19.8 Å². The van der Waals surface area contributed by atoms with Gasteiger partial charge in [-0.25, -0.2) is 0 Å². The quantitative estimate of drug-likeness (QED) is 0.699. The maximum absolute atomic E-state index is 12.5. The Bertz CT molecular complexity index is 605. The zero-order valence-electron chi connectivity index (χ0n) is 15.9. The molecule has 1 rings (SSSR count). The second-order valence-corrected chi connectivity index (χ2v) is 9.70. The summed E-state index contributed by atoms with van der Waals surface area (Å²) < 4.78 is 0. The van der Waals surface area contributed by atoms with Crippen molar-refractivity contribution in [2.24, 2.45) is 16.2 Å². The highest BCUT2D eigenvalue weighted by molar-refractivity contribution is 6.30. The SMILES string of the molecule is CC(C)(C)CC(CC(C)(C)C)(C(=O)O)C(C(=O)O)c1ccc(Cl)cc1. The molecule has 2 N–H and O–H groups in total. The van der Waals surface area contributed by atoms with Gasteiger partial charge in [0, 0.05) is 5.02 Å². The minimum Gasteiger partial charge on any atom is -0.481 e. The molecule has 0 fully saturated rings. The van der Waals surface area contributed by atoms with Crippen LogP contribution in [-0.2, 0) is 9.59 Å². The van der Waals surface area contributed by atoms with Crippen molar-refractivity contribution in [3.05, 3.63) is 34.9 Å². The molecule has 140 valence electrons. The normalized spacial score (nSPS) is 14.2. The van der Waals surface area contributed by atoms with Gasteiger partial charge in [-0.1, -0.05) is 65.3 Å². The van der Waals surface area contributed by atoms with Gasteiger partial charge in [-0.05, 0) is 41.4 Å². The van der Waals surface area contributed by atoms with Crippen LogP contribution in [0.5, 0.6) is 0 Å². The van der Waals surface area contributed by atoms with E-state index in [9.17, 15) is 19.8 Å². The highest BCUT2D eigenvalue weighted by Crippen LogP contribution is 2.51. The Labute approximate surface area is 155 Å². The Balaban J connectivity index is 3.65. The Morgan fingerprint density at radius 1 is 0.920 bits per heavy atom. The number of hydrogen-bond acceptors (Lipinski definition) is 2. The first-order valence-corrected chi connectivity index (χ1v) is 8.77. The van der Waals surface area contributed by atoms with Gasteiger partial charge in [0.2, 0.25) is 0 Å². The van der Waals surface area contributed by atoms with Crippen molar-refractivity contribution in [1.29, 1.82) is 0 Å². The predicted octanol–water partition coefficient (Wildman–Crippen LogP) is 5.45. The van der Waals surface area contributed by atoms with Crippen molar-refractivity contribution in [3.63, 3.8) is 0 Å². The van der Waals surface area contributed by atoms with Crippen LogP contribution in [0.4, 0.5) is 0 Å². The molecule has 0 aromatic heterocycles. The van der Waals surface area contributed by atoms with Crippen molar-refractivity contribution in [2.75, 3.05) is 0 Å². The minimum absolute atomic E-state index is 0.256. The van der Waals surface area contributed by atoms with E-state index in [-0.39, 0.29) is 23.7 Å². The molecule has 1 aromatic carbocycles. The number of carboxylic acids is 2. The van der Waals surface area contributed by atoms with Crippen molar-refractivity contribution in [1.82, 2.24) is 0 Å². The molecule has 1 aromatic rings. The number of hydrogen-bond donors (Lipinski definition) is 2. The van der Waals surface area contributed by atoms with Gasteiger partial charge in [-0.2, -0.15) is 0 Å². The topological polar surface area (TPSA) is 74.6 Å². The summed E-state index contributed by atoms with van der Waals surface area (Å²) in [7, 11) is 0. The third-order valence-corrected chi connectivity index (χ3v) is 4.37. The van der Waals surface area contributed by atoms with Crippen molar-refractivity contribution >= 4 is 23.5 Å². The van der Waals surface area contributed by atoms with Crippen LogP contribution in [-0.4, -0.2) is 22.2 Å². The van der Waals surface area contributed by atoms with E-state index in [1.807, 2.05) is 41.5 Å². The standard InChI is InChI=1S/C20H29ClO4/c1-18(2,3)11-20(17(24)25,12-19(4,5)6)15(16(22)23)13-7-9-14(21)10-8-13/h7-10,15H,11-12H2,1-6H3,(H,22,23)(H,24,25). The Morgan fingerprint density at radius 2 is 1.32 bits per heavy atom. The minimum atomic E-state index is -1.42. The summed E-state index contributed by atoms with van der Waals surface area (Å²) in [5.41, 5.74) is -1.64. The molecular formula is C20H29ClO4. The first-order chi connectivity index (χ1) is 11.2. The van der Waals surface area contributed by atoms with Crippen LogP contribution in [0.2, 0.25) is 5.02 Å². The molecule has 0 spiro atoms. The number of carboxylic acid groups (broad SMARTS) is 2. The average Bonchev–Trinajstić information content (AvgIpc) is 2.36. The first-order valence-electron chi connectivity index (χ1n) is 8.40. The summed E-state index contributed by atoms with van der Waals surface area (Å²) in [5, 5.41) is 20.7. The van der Waals surface area contributed by atoms with E-state index in [0.717, 1.165) is 0 Å². The fraction of sp³-hybridized carbons (Fsp3) is 0.600. The molecule has 1 atom stereocenters. The molecule has 0 radical (unpaired) electrons. The fourth-order valence-corrected chi connectivity index (χ4v) is 3.91. The fourth-order valence-electron chi connectivity index (χ4n) is 3.79. The van der Waals surface area contributed by atoms with Gasteiger partial charge >= 0.3 is 11.9 Å². The van der Waals surface area contributed by atoms with Gasteiger partial charge in [0.25, 0.3) is 0 Å². The molecule has 0 saturated heterocycles. The predicted molar refractivity (Wildman–Crippen MR) is 100 cm³/mol. The summed E-state index contributed by atoms with van der Waals surface area (Å²) >= 11 is 5.92. The van der Waals surface area contributed by atoms with Crippen LogP contribution in [0, 0.1) is 16.2 Å². The van der Waals surface area contributed by atoms with E-state index in [1.165, 1.54) is 0 Å². The lowest BCUT2D eigenvalue weighted by Crippen LogP contribution is -2.46. The van der Waals surface area contributed by atoms with Gasteiger partial charge in [0.15, 0.2) is 0 Å². The molecule has 25 heavy (non-hydrogen) atoms. The Kier molecular flexibility index (Phi) is 6.33. The van der Waals surface area contributed by atoms with Crippen LogP contribution in [0.15, 0.2) is 24.3 Å². The molecule has 4 nitrogen and oxygen atoms in total. The molecule has 5 heteroatoms. The van der Waals surface area contributed by atoms with E-state index in [1.54, 1.807) is 24.3 Å². The summed E-state index contributed by atoms with van der Waals surface area (Å²) in [5.74, 6) is -3.35. The lowest BCUT2D eigenvalue weighted by Gasteiger charge is -2.43. The second-order valence-electron chi connectivity index (χ2n) is 9.26. The van der Waals surface area contributed by atoms with Gasteiger partial charge < -0.3 is 10.2 Å². The molecule has 0 heterocycles. The molecule has 0 amide bonds. The van der Waals surface area contributed by atoms with E-state index < -0.39 is 23.3 Å². The summed E-state index contributed by atoms with van der Waals surface area (Å²) in [4.78, 5) is 24.7. The van der Waals surface area contributed by atoms with E-state index in [4.69, 9.17) is 11.6 Å². The van der Waals surface area contributed by atoms with Crippen molar-refractivity contribution in [2.45, 2.75) is 60.3 Å². The van der Waals surface area contributed by atoms with Gasteiger partial charge in [-0.15, -0.1) is 0 Å². The van der Waals surface area contributed by atoms with Crippen LogP contribution in [0.3, 0.4) is 0 Å². The van der Waals surface area contributed by atoms with Crippen LogP contribution >= 0.6 is 11.6 Å². The number of rotatable bonds is 6. The Morgan fingerprint density at radius 3 is 1.60 bits per heavy atom. The lowest BCUT2D eigenvalue weighted by molar-refractivity contribution is -0.163. The third-order valence-electron chi connectivity index (χ3n) is 4.12. The summed E-state index contributed by atoms with van der Waals surface area (Å²) in [6.45, 7) is 11.6. The molecule has 1 unspecified atom stereocenters. The highest BCUT2D eigenvalue weighted by atomic mass is 35.5. The maximum Gasteiger partial charge on any atom is 0.312 e. The van der Waals surface area contributed by atoms with Gasteiger partial charge in [0.1, 0.15) is 0 Å². The Hall–Kier alpha value is -1.55. The summed E-state index contributed by atoms with van der Waals surface area (Å²) in [6, 6.07) is 6.44. The molecular weight excluding hydrogens is 340 g/mol. The largest absolute Gasteiger partial charge is 0.481 e. The average molecular weight is 369 g/mol. The number of carbonyl (C=O) groups is 2. The lowest BCUT2D eigenvalue weighted by atomic mass is 9.59. The molecule has 0 saturated carbocycles. The zero-order valence-corrected chi connectivity index (χ0v) is 16.6. The first kappa shape index (κ1) is 21.5. The maximum atomic E-state index is 12.5. The van der Waals surface area contributed by atoms with E-state index in [0.29, 0.717) is 10.6 Å². The van der Waals surface area contributed by atoms with Gasteiger partial charge in [0.05, 0.1) is 11.3 Å². The smallest absolute Gasteiger partial charge is 0.312 e. The van der Waals surface area contributed by atoms with E-state index >= 15 is 0 Å². The van der Waals surface area contributed by atoms with Crippen LogP contribution in [0.1, 0.15) is 65.9 Å². The number of aliphatic carboxylic acids is 2.